The van der Waals surface area contributed by atoms with Crippen LogP contribution in [0.4, 0.5) is 18.9 Å². The third-order valence-electron chi connectivity index (χ3n) is 4.28. The number of nitrogens with zero attached hydrogens (tertiary/aromatic N) is 1. The number of hydrogen-bond donors (Lipinski definition) is 3. The fourth-order valence-electron chi connectivity index (χ4n) is 2.74. The van der Waals surface area contributed by atoms with Gasteiger partial charge in [0.2, 0.25) is 11.8 Å². The number of hydrogen-bond acceptors (Lipinski definition) is 5. The predicted molar refractivity (Wildman–Crippen MR) is 118 cm³/mol. The Morgan fingerprint density at radius 3 is 2.36 bits per heavy atom. The van der Waals surface area contributed by atoms with Crippen LogP contribution in [0.15, 0.2) is 70.6 Å². The Bertz CT molecular complexity index is 1170. The molecule has 2 aromatic carbocycles. The van der Waals surface area contributed by atoms with Crippen molar-refractivity contribution in [2.75, 3.05) is 11.1 Å². The van der Waals surface area contributed by atoms with Crippen molar-refractivity contribution >= 4 is 29.3 Å². The van der Waals surface area contributed by atoms with E-state index in [4.69, 9.17) is 0 Å². The highest BCUT2D eigenvalue weighted by Gasteiger charge is 2.30. The number of rotatable bonds is 8. The summed E-state index contributed by atoms with van der Waals surface area (Å²) in [4.78, 5) is 42.8. The van der Waals surface area contributed by atoms with Crippen molar-refractivity contribution in [3.8, 4) is 0 Å². The van der Waals surface area contributed by atoms with Gasteiger partial charge in [-0.25, -0.2) is 4.98 Å². The van der Waals surface area contributed by atoms with Crippen molar-refractivity contribution in [2.45, 2.75) is 24.3 Å². The van der Waals surface area contributed by atoms with E-state index in [1.54, 1.807) is 0 Å². The Hall–Kier alpha value is -3.60. The summed E-state index contributed by atoms with van der Waals surface area (Å²) in [6, 6.07) is 14.6. The number of aromatic amines is 1. The second-order valence-electron chi connectivity index (χ2n) is 6.89. The third kappa shape index (κ3) is 7.79. The van der Waals surface area contributed by atoms with Crippen LogP contribution in [0.2, 0.25) is 0 Å². The summed E-state index contributed by atoms with van der Waals surface area (Å²) in [6.45, 7) is 0.342. The lowest BCUT2D eigenvalue weighted by Gasteiger charge is -2.09. The van der Waals surface area contributed by atoms with E-state index in [1.807, 2.05) is 30.3 Å². The smallest absolute Gasteiger partial charge is 0.352 e. The third-order valence-corrected chi connectivity index (χ3v) is 5.16. The molecule has 1 heterocycles. The normalized spacial score (nSPS) is 11.1. The number of carbonyl (C=O) groups excluding carboxylic acids is 2. The summed E-state index contributed by atoms with van der Waals surface area (Å²) in [5, 5.41) is 5.37. The first kappa shape index (κ1) is 24.1. The number of halogens is 3. The highest BCUT2D eigenvalue weighted by atomic mass is 32.2. The standard InChI is InChI=1S/C22H19F3N4O3S/c23-22(24,25)15-6-8-16(9-7-15)27-20(32)13-33-21-28-17(11-19(31)29-21)10-18(30)26-12-14-4-2-1-3-5-14/h1-9,11H,10,12-13H2,(H,26,30)(H,27,32)(H,28,29,31). The number of carbonyl (C=O) groups is 2. The summed E-state index contributed by atoms with van der Waals surface area (Å²) in [7, 11) is 0. The number of nitrogens with one attached hydrogen (secondary N) is 3. The minimum absolute atomic E-state index is 0.109. The van der Waals surface area contributed by atoms with Crippen LogP contribution in [-0.2, 0) is 28.7 Å². The number of thioether (sulfide) groups is 1. The number of alkyl halides is 3. The SMILES string of the molecule is O=C(Cc1cc(=O)[nH]c(SCC(=O)Nc2ccc(C(F)(F)F)cc2)n1)NCc1ccccc1. The Kier molecular flexibility index (Phi) is 7.88. The van der Waals surface area contributed by atoms with Crippen molar-refractivity contribution in [1.29, 1.82) is 0 Å². The molecule has 0 saturated heterocycles. The Morgan fingerprint density at radius 2 is 1.70 bits per heavy atom. The maximum Gasteiger partial charge on any atom is 0.416 e. The van der Waals surface area contributed by atoms with Crippen LogP contribution in [0.5, 0.6) is 0 Å². The molecule has 3 rings (SSSR count). The van der Waals surface area contributed by atoms with E-state index in [2.05, 4.69) is 20.6 Å². The molecule has 0 spiro atoms. The Morgan fingerprint density at radius 1 is 1.00 bits per heavy atom. The van der Waals surface area contributed by atoms with Gasteiger partial charge >= 0.3 is 6.18 Å². The van der Waals surface area contributed by atoms with Crippen molar-refractivity contribution in [3.63, 3.8) is 0 Å². The van der Waals surface area contributed by atoms with Crippen molar-refractivity contribution in [1.82, 2.24) is 15.3 Å². The van der Waals surface area contributed by atoms with Crippen LogP contribution in [0.3, 0.4) is 0 Å². The number of benzene rings is 2. The molecule has 0 aliphatic carbocycles. The molecule has 0 saturated carbocycles. The molecular formula is C22H19F3N4O3S. The van der Waals surface area contributed by atoms with E-state index in [1.165, 1.54) is 6.07 Å². The molecule has 172 valence electrons. The van der Waals surface area contributed by atoms with Crippen LogP contribution >= 0.6 is 11.8 Å². The molecule has 0 bridgehead atoms. The summed E-state index contributed by atoms with van der Waals surface area (Å²) in [5.74, 6) is -0.950. The monoisotopic (exact) mass is 476 g/mol. The lowest BCUT2D eigenvalue weighted by Crippen LogP contribution is -2.26. The molecule has 2 amide bonds. The zero-order chi connectivity index (χ0) is 23.8. The van der Waals surface area contributed by atoms with Gasteiger partial charge < -0.3 is 15.6 Å². The quantitative estimate of drug-likeness (QED) is 0.342. The van der Waals surface area contributed by atoms with Crippen LogP contribution in [-0.4, -0.2) is 27.5 Å². The maximum absolute atomic E-state index is 12.6. The molecule has 0 atom stereocenters. The topological polar surface area (TPSA) is 104 Å². The maximum atomic E-state index is 12.6. The van der Waals surface area contributed by atoms with Crippen LogP contribution in [0.1, 0.15) is 16.8 Å². The van der Waals surface area contributed by atoms with Gasteiger partial charge in [0.05, 0.1) is 23.4 Å². The Labute approximate surface area is 190 Å². The van der Waals surface area contributed by atoms with E-state index in [0.29, 0.717) is 6.54 Å². The van der Waals surface area contributed by atoms with E-state index in [-0.39, 0.29) is 34.6 Å². The molecule has 0 radical (unpaired) electrons. The van der Waals surface area contributed by atoms with Gasteiger partial charge in [0.25, 0.3) is 5.56 Å². The summed E-state index contributed by atoms with van der Waals surface area (Å²) in [5.41, 5.74) is 0.0941. The number of anilines is 1. The fraction of sp³-hybridized carbons (Fsp3) is 0.182. The molecular weight excluding hydrogens is 457 g/mol. The molecule has 3 N–H and O–H groups in total. The molecule has 0 aliphatic heterocycles. The van der Waals surface area contributed by atoms with Crippen LogP contribution in [0, 0.1) is 0 Å². The highest BCUT2D eigenvalue weighted by molar-refractivity contribution is 7.99. The van der Waals surface area contributed by atoms with E-state index >= 15 is 0 Å². The van der Waals surface area contributed by atoms with Gasteiger partial charge in [-0.1, -0.05) is 42.1 Å². The second-order valence-corrected chi connectivity index (χ2v) is 7.86. The summed E-state index contributed by atoms with van der Waals surface area (Å²) in [6.07, 6.45) is -4.57. The van der Waals surface area contributed by atoms with Gasteiger partial charge in [-0.15, -0.1) is 0 Å². The first-order valence-corrected chi connectivity index (χ1v) is 10.7. The molecule has 11 heteroatoms. The minimum atomic E-state index is -4.46. The van der Waals surface area contributed by atoms with E-state index in [0.717, 1.165) is 41.6 Å². The molecule has 7 nitrogen and oxygen atoms in total. The van der Waals surface area contributed by atoms with Crippen molar-refractivity contribution in [3.05, 3.63) is 87.8 Å². The predicted octanol–water partition coefficient (Wildman–Crippen LogP) is 3.38. The van der Waals surface area contributed by atoms with Gasteiger partial charge in [0, 0.05) is 18.3 Å². The van der Waals surface area contributed by atoms with Crippen LogP contribution < -0.4 is 16.2 Å². The van der Waals surface area contributed by atoms with Gasteiger partial charge in [-0.3, -0.25) is 14.4 Å². The average Bonchev–Trinajstić information content (AvgIpc) is 2.76. The van der Waals surface area contributed by atoms with Gasteiger partial charge in [0.1, 0.15) is 0 Å². The largest absolute Gasteiger partial charge is 0.416 e. The fourth-order valence-corrected chi connectivity index (χ4v) is 3.43. The number of aromatic nitrogens is 2. The summed E-state index contributed by atoms with van der Waals surface area (Å²) < 4.78 is 37.8. The molecule has 0 fully saturated rings. The first-order chi connectivity index (χ1) is 15.7. The van der Waals surface area contributed by atoms with Gasteiger partial charge in [0.15, 0.2) is 5.16 Å². The van der Waals surface area contributed by atoms with Gasteiger partial charge in [-0.05, 0) is 29.8 Å². The van der Waals surface area contributed by atoms with E-state index < -0.39 is 23.2 Å². The molecule has 0 unspecified atom stereocenters. The number of amides is 2. The average molecular weight is 476 g/mol. The first-order valence-electron chi connectivity index (χ1n) is 9.70. The zero-order valence-electron chi connectivity index (χ0n) is 17.1. The highest BCUT2D eigenvalue weighted by Crippen LogP contribution is 2.29. The molecule has 33 heavy (non-hydrogen) atoms. The van der Waals surface area contributed by atoms with Crippen molar-refractivity contribution < 1.29 is 22.8 Å². The number of H-pyrrole nitrogens is 1. The second kappa shape index (κ2) is 10.8. The Balaban J connectivity index is 1.52. The van der Waals surface area contributed by atoms with Crippen molar-refractivity contribution in [2.24, 2.45) is 0 Å². The molecule has 3 aromatic rings. The zero-order valence-corrected chi connectivity index (χ0v) is 17.9. The summed E-state index contributed by atoms with van der Waals surface area (Å²) >= 11 is 0.930. The lowest BCUT2D eigenvalue weighted by molar-refractivity contribution is -0.137. The molecule has 0 aliphatic rings. The van der Waals surface area contributed by atoms with Crippen LogP contribution in [0.25, 0.3) is 0 Å². The van der Waals surface area contributed by atoms with Gasteiger partial charge in [-0.2, -0.15) is 13.2 Å². The molecule has 1 aromatic heterocycles. The lowest BCUT2D eigenvalue weighted by atomic mass is 10.2. The van der Waals surface area contributed by atoms with E-state index in [9.17, 15) is 27.6 Å². The minimum Gasteiger partial charge on any atom is -0.352 e.